The third kappa shape index (κ3) is 1.54. The van der Waals surface area contributed by atoms with Crippen molar-refractivity contribution in [3.05, 3.63) is 35.4 Å². The molecule has 1 aromatic carbocycles. The number of aromatic hydroxyl groups is 1. The van der Waals surface area contributed by atoms with Crippen LogP contribution in [-0.4, -0.2) is 46.5 Å². The molecule has 0 radical (unpaired) electrons. The molecule has 2 N–H and O–H groups in total. The summed E-state index contributed by atoms with van der Waals surface area (Å²) in [6, 6.07) is 4.29. The molecule has 5 rings (SSSR count). The highest BCUT2D eigenvalue weighted by molar-refractivity contribution is 5.61. The molecule has 2 aliphatic heterocycles. The number of phenolic OH excluding ortho intramolecular Hbond substituents is 1. The van der Waals surface area contributed by atoms with Crippen LogP contribution in [0.15, 0.2) is 24.3 Å². The second-order valence-corrected chi connectivity index (χ2v) is 7.49. The molecule has 2 bridgehead atoms. The minimum Gasteiger partial charge on any atom is -0.504 e. The second-order valence-electron chi connectivity index (χ2n) is 7.49. The van der Waals surface area contributed by atoms with Crippen LogP contribution in [0, 0.1) is 5.92 Å². The van der Waals surface area contributed by atoms with Crippen LogP contribution in [0.5, 0.6) is 11.5 Å². The Bertz CT molecular complexity index is 700. The Balaban J connectivity index is 1.74. The van der Waals surface area contributed by atoms with Gasteiger partial charge in [0.1, 0.15) is 12.2 Å². The molecule has 0 aromatic heterocycles. The number of hydrogen-bond donors (Lipinski definition) is 2. The van der Waals surface area contributed by atoms with Crippen LogP contribution < -0.4 is 4.74 Å². The fourth-order valence-corrected chi connectivity index (χ4v) is 5.70. The van der Waals surface area contributed by atoms with E-state index < -0.39 is 6.10 Å². The molecule has 0 saturated carbocycles. The van der Waals surface area contributed by atoms with E-state index in [1.54, 1.807) is 6.07 Å². The van der Waals surface area contributed by atoms with Crippen molar-refractivity contribution >= 4 is 0 Å². The molecule has 2 heterocycles. The van der Waals surface area contributed by atoms with Gasteiger partial charge in [-0.05, 0) is 44.0 Å². The average molecular weight is 313 g/mol. The van der Waals surface area contributed by atoms with E-state index in [1.165, 1.54) is 11.1 Å². The zero-order chi connectivity index (χ0) is 15.8. The van der Waals surface area contributed by atoms with E-state index in [4.69, 9.17) is 4.74 Å². The number of likely N-dealkylation sites (tertiary alicyclic amines) is 1. The van der Waals surface area contributed by atoms with E-state index in [-0.39, 0.29) is 17.3 Å². The van der Waals surface area contributed by atoms with Crippen molar-refractivity contribution in [1.82, 2.24) is 4.90 Å². The highest BCUT2D eigenvalue weighted by Gasteiger charge is 2.64. The number of nitrogens with zero attached hydrogens (tertiary/aromatic N) is 1. The zero-order valence-electron chi connectivity index (χ0n) is 13.4. The third-order valence-electron chi connectivity index (χ3n) is 6.50. The lowest BCUT2D eigenvalue weighted by Gasteiger charge is -2.57. The predicted octanol–water partition coefficient (Wildman–Crippen LogP) is 1.98. The molecule has 4 nitrogen and oxygen atoms in total. The number of aliphatic hydroxyl groups is 1. The SMILES string of the molecule is CCCN1CC[C@]23c4c5ccc(O)c4O[C@H]2[C@H](O)C=C[C@H]3[C@H]1C5. The van der Waals surface area contributed by atoms with Gasteiger partial charge in [0, 0.05) is 22.9 Å². The van der Waals surface area contributed by atoms with Crippen LogP contribution in [0.1, 0.15) is 30.9 Å². The van der Waals surface area contributed by atoms with E-state index in [1.807, 2.05) is 6.08 Å². The molecule has 1 fully saturated rings. The van der Waals surface area contributed by atoms with Gasteiger partial charge in [-0.1, -0.05) is 25.1 Å². The molecule has 1 saturated heterocycles. The molecule has 5 atom stereocenters. The van der Waals surface area contributed by atoms with Crippen molar-refractivity contribution in [3.63, 3.8) is 0 Å². The van der Waals surface area contributed by atoms with Crippen LogP contribution in [0.3, 0.4) is 0 Å². The minimum atomic E-state index is -0.595. The Morgan fingerprint density at radius 2 is 2.22 bits per heavy atom. The normalized spacial score (nSPS) is 39.9. The van der Waals surface area contributed by atoms with E-state index in [2.05, 4.69) is 24.0 Å². The predicted molar refractivity (Wildman–Crippen MR) is 86.8 cm³/mol. The maximum atomic E-state index is 10.5. The summed E-state index contributed by atoms with van der Waals surface area (Å²) in [5.41, 5.74) is 2.32. The Labute approximate surface area is 136 Å². The highest BCUT2D eigenvalue weighted by Crippen LogP contribution is 2.62. The molecular weight excluding hydrogens is 290 g/mol. The first-order chi connectivity index (χ1) is 11.2. The average Bonchev–Trinajstić information content (AvgIpc) is 2.89. The first-order valence-electron chi connectivity index (χ1n) is 8.79. The van der Waals surface area contributed by atoms with E-state index in [9.17, 15) is 10.2 Å². The van der Waals surface area contributed by atoms with Crippen molar-refractivity contribution in [1.29, 1.82) is 0 Å². The van der Waals surface area contributed by atoms with Gasteiger partial charge in [-0.2, -0.15) is 0 Å². The molecule has 4 aliphatic rings. The van der Waals surface area contributed by atoms with E-state index in [0.29, 0.717) is 17.7 Å². The molecular formula is C19H23NO3. The highest BCUT2D eigenvalue weighted by atomic mass is 16.5. The van der Waals surface area contributed by atoms with Crippen molar-refractivity contribution in [2.45, 2.75) is 49.9 Å². The number of hydrogen-bond acceptors (Lipinski definition) is 4. The number of rotatable bonds is 2. The number of ether oxygens (including phenoxy) is 1. The van der Waals surface area contributed by atoms with Gasteiger partial charge in [-0.25, -0.2) is 0 Å². The Morgan fingerprint density at radius 3 is 3.04 bits per heavy atom. The van der Waals surface area contributed by atoms with Crippen molar-refractivity contribution in [2.24, 2.45) is 5.92 Å². The fraction of sp³-hybridized carbons (Fsp3) is 0.579. The number of piperidine rings is 1. The molecule has 1 spiro atoms. The topological polar surface area (TPSA) is 52.9 Å². The fourth-order valence-electron chi connectivity index (χ4n) is 5.70. The smallest absolute Gasteiger partial charge is 0.165 e. The lowest BCUT2D eigenvalue weighted by Crippen LogP contribution is -2.65. The van der Waals surface area contributed by atoms with Gasteiger partial charge in [0.2, 0.25) is 0 Å². The van der Waals surface area contributed by atoms with Crippen molar-refractivity contribution < 1.29 is 14.9 Å². The van der Waals surface area contributed by atoms with Gasteiger partial charge in [0.15, 0.2) is 11.5 Å². The monoisotopic (exact) mass is 313 g/mol. The maximum absolute atomic E-state index is 10.5. The van der Waals surface area contributed by atoms with Gasteiger partial charge >= 0.3 is 0 Å². The van der Waals surface area contributed by atoms with E-state index >= 15 is 0 Å². The summed E-state index contributed by atoms with van der Waals surface area (Å²) in [5, 5.41) is 20.8. The molecule has 0 amide bonds. The summed E-state index contributed by atoms with van der Waals surface area (Å²) < 4.78 is 6.15. The summed E-state index contributed by atoms with van der Waals surface area (Å²) in [6.45, 7) is 4.41. The molecule has 122 valence electrons. The second kappa shape index (κ2) is 4.52. The van der Waals surface area contributed by atoms with Crippen LogP contribution in [0.25, 0.3) is 0 Å². The quantitative estimate of drug-likeness (QED) is 0.820. The van der Waals surface area contributed by atoms with Gasteiger partial charge in [-0.3, -0.25) is 4.90 Å². The first-order valence-corrected chi connectivity index (χ1v) is 8.79. The summed E-state index contributed by atoms with van der Waals surface area (Å²) in [4.78, 5) is 2.61. The number of aliphatic hydroxyl groups excluding tert-OH is 1. The maximum Gasteiger partial charge on any atom is 0.165 e. The number of benzene rings is 1. The van der Waals surface area contributed by atoms with Gasteiger partial charge in [0.05, 0.1) is 0 Å². The zero-order valence-corrected chi connectivity index (χ0v) is 13.4. The van der Waals surface area contributed by atoms with Gasteiger partial charge < -0.3 is 14.9 Å². The summed E-state index contributed by atoms with van der Waals surface area (Å²) in [6.07, 6.45) is 6.43. The van der Waals surface area contributed by atoms with Crippen molar-refractivity contribution in [2.75, 3.05) is 13.1 Å². The Morgan fingerprint density at radius 1 is 1.35 bits per heavy atom. The molecule has 1 aromatic rings. The van der Waals surface area contributed by atoms with Crippen LogP contribution in [-0.2, 0) is 11.8 Å². The largest absolute Gasteiger partial charge is 0.504 e. The van der Waals surface area contributed by atoms with Crippen LogP contribution in [0.2, 0.25) is 0 Å². The standard InChI is InChI=1S/C19H23NO3/c1-2-8-20-9-7-19-12-4-6-15(22)18(19)23-17-14(21)5-3-11(16(17)19)10-13(12)20/h3-6,12-13,15,18,21-22H,2,7-10H2,1H3/t12-,13+,15+,18-,19-/m0/s1. The number of phenols is 1. The van der Waals surface area contributed by atoms with Gasteiger partial charge in [-0.15, -0.1) is 0 Å². The van der Waals surface area contributed by atoms with Crippen molar-refractivity contribution in [3.8, 4) is 11.5 Å². The molecule has 23 heavy (non-hydrogen) atoms. The lowest BCUT2D eigenvalue weighted by atomic mass is 9.53. The summed E-state index contributed by atoms with van der Waals surface area (Å²) >= 11 is 0. The molecule has 0 unspecified atom stereocenters. The Kier molecular flexibility index (Phi) is 2.73. The third-order valence-corrected chi connectivity index (χ3v) is 6.50. The Hall–Kier alpha value is -1.52. The first kappa shape index (κ1) is 13.9. The van der Waals surface area contributed by atoms with Crippen LogP contribution in [0.4, 0.5) is 0 Å². The summed E-state index contributed by atoms with van der Waals surface area (Å²) in [5.74, 6) is 1.21. The lowest BCUT2D eigenvalue weighted by molar-refractivity contribution is -0.0515. The van der Waals surface area contributed by atoms with E-state index in [0.717, 1.165) is 32.4 Å². The van der Waals surface area contributed by atoms with Crippen LogP contribution >= 0.6 is 0 Å². The molecule has 4 heteroatoms. The van der Waals surface area contributed by atoms with Gasteiger partial charge in [0.25, 0.3) is 0 Å². The minimum absolute atomic E-state index is 0.162. The molecule has 2 aliphatic carbocycles. The summed E-state index contributed by atoms with van der Waals surface area (Å²) in [7, 11) is 0.